The van der Waals surface area contributed by atoms with Crippen LogP contribution in [-0.4, -0.2) is 57.4 Å². The van der Waals surface area contributed by atoms with Gasteiger partial charge in [-0.2, -0.15) is 14.5 Å². The monoisotopic (exact) mass is 524 g/mol. The van der Waals surface area contributed by atoms with Crippen molar-refractivity contribution in [3.8, 4) is 17.0 Å². The lowest BCUT2D eigenvalue weighted by atomic mass is 10.0. The van der Waals surface area contributed by atoms with Gasteiger partial charge in [0.05, 0.1) is 18.2 Å². The first-order chi connectivity index (χ1) is 18.0. The van der Waals surface area contributed by atoms with Crippen LogP contribution in [-0.2, 0) is 11.2 Å². The molecule has 1 aromatic carbocycles. The Kier molecular flexibility index (Phi) is 6.21. The van der Waals surface area contributed by atoms with Crippen LogP contribution >= 0.6 is 11.6 Å². The zero-order valence-electron chi connectivity index (χ0n) is 19.8. The molecule has 9 nitrogen and oxygen atoms in total. The quantitative estimate of drug-likeness (QED) is 0.491. The molecule has 2 aromatic heterocycles. The molecule has 190 valence electrons. The zero-order valence-corrected chi connectivity index (χ0v) is 20.6. The van der Waals surface area contributed by atoms with Crippen molar-refractivity contribution >= 4 is 29.0 Å². The van der Waals surface area contributed by atoms with Crippen molar-refractivity contribution in [2.45, 2.75) is 31.7 Å². The summed E-state index contributed by atoms with van der Waals surface area (Å²) in [4.78, 5) is 29.1. The molecule has 1 saturated heterocycles. The Morgan fingerprint density at radius 3 is 2.97 bits per heavy atom. The minimum absolute atomic E-state index is 0.0225. The summed E-state index contributed by atoms with van der Waals surface area (Å²) < 4.78 is 27.8. The fraction of sp³-hybridized carbons (Fsp3) is 0.346. The molecule has 11 heteroatoms. The SMILES string of the molecule is O=C(Nc1cc(Cl)c(-c2ccc(OC[C@H]3CCOC3)nc2)cc1F)[N+]1=C2CCC1Cc1cc(=O)[nH]nc12. The number of aromatic nitrogens is 3. The van der Waals surface area contributed by atoms with Crippen molar-refractivity contribution in [2.24, 2.45) is 5.92 Å². The van der Waals surface area contributed by atoms with Gasteiger partial charge in [0.1, 0.15) is 17.4 Å². The van der Waals surface area contributed by atoms with Crippen LogP contribution in [0.1, 0.15) is 30.5 Å². The summed E-state index contributed by atoms with van der Waals surface area (Å²) >= 11 is 6.49. The number of ether oxygens (including phenoxy) is 2. The second kappa shape index (κ2) is 9.68. The van der Waals surface area contributed by atoms with Gasteiger partial charge in [0.25, 0.3) is 5.56 Å². The Labute approximate surface area is 216 Å². The van der Waals surface area contributed by atoms with Gasteiger partial charge in [-0.25, -0.2) is 19.8 Å². The maximum Gasteiger partial charge on any atom is 0.496 e. The molecule has 0 aliphatic carbocycles. The molecular formula is C26H24ClFN5O4+. The molecule has 3 aromatic rings. The lowest BCUT2D eigenvalue weighted by molar-refractivity contribution is -0.460. The number of hydrogen-bond acceptors (Lipinski definition) is 6. The maximum absolute atomic E-state index is 15.1. The number of rotatable bonds is 5. The Balaban J connectivity index is 1.19. The van der Waals surface area contributed by atoms with E-state index in [4.69, 9.17) is 21.1 Å². The molecule has 0 spiro atoms. The van der Waals surface area contributed by atoms with Crippen LogP contribution in [0.15, 0.2) is 41.3 Å². The molecule has 2 atom stereocenters. The fourth-order valence-electron chi connectivity index (χ4n) is 5.17. The lowest BCUT2D eigenvalue weighted by Crippen LogP contribution is -2.40. The molecule has 5 heterocycles. The number of aromatic amines is 1. The van der Waals surface area contributed by atoms with E-state index in [-0.39, 0.29) is 22.3 Å². The van der Waals surface area contributed by atoms with Gasteiger partial charge < -0.3 is 9.47 Å². The van der Waals surface area contributed by atoms with E-state index >= 15 is 4.39 Å². The average Bonchev–Trinajstić information content (AvgIpc) is 3.52. The van der Waals surface area contributed by atoms with E-state index in [1.54, 1.807) is 22.9 Å². The Bertz CT molecular complexity index is 1470. The molecule has 37 heavy (non-hydrogen) atoms. The second-order valence-electron chi connectivity index (χ2n) is 9.49. The Morgan fingerprint density at radius 1 is 1.30 bits per heavy atom. The van der Waals surface area contributed by atoms with Crippen LogP contribution in [0.2, 0.25) is 5.02 Å². The molecule has 6 rings (SSSR count). The number of benzene rings is 1. The van der Waals surface area contributed by atoms with Gasteiger partial charge in [-0.1, -0.05) is 11.6 Å². The molecule has 2 N–H and O–H groups in total. The summed E-state index contributed by atoms with van der Waals surface area (Å²) in [6.07, 6.45) is 4.46. The van der Waals surface area contributed by atoms with Crippen molar-refractivity contribution < 1.29 is 23.2 Å². The third-order valence-electron chi connectivity index (χ3n) is 7.04. The van der Waals surface area contributed by atoms with Crippen molar-refractivity contribution in [3.05, 3.63) is 69.0 Å². The van der Waals surface area contributed by atoms with Gasteiger partial charge in [0.15, 0.2) is 11.5 Å². The fourth-order valence-corrected chi connectivity index (χ4v) is 5.44. The van der Waals surface area contributed by atoms with Crippen LogP contribution in [0, 0.1) is 11.7 Å². The number of hydrogen-bond donors (Lipinski definition) is 2. The molecule has 2 bridgehead atoms. The van der Waals surface area contributed by atoms with Gasteiger partial charge in [0.2, 0.25) is 5.88 Å². The Morgan fingerprint density at radius 2 is 2.19 bits per heavy atom. The number of fused-ring (bicyclic) bond motifs is 3. The van der Waals surface area contributed by atoms with Crippen molar-refractivity contribution in [1.82, 2.24) is 15.2 Å². The minimum Gasteiger partial charge on any atom is -0.477 e. The predicted molar refractivity (Wildman–Crippen MR) is 134 cm³/mol. The number of carbonyl (C=O) groups excluding carboxylic acids is 1. The Hall–Kier alpha value is -3.63. The van der Waals surface area contributed by atoms with Crippen molar-refractivity contribution in [3.63, 3.8) is 0 Å². The summed E-state index contributed by atoms with van der Waals surface area (Å²) in [6, 6.07) is 7.11. The standard InChI is InChI=1S/C26H23ClFN5O4/c27-19-10-21(30-26(35)33-17-2-3-22(33)25-16(7-17)8-23(34)31-32-25)20(28)9-18(19)15-1-4-24(29-11-15)37-13-14-5-6-36-12-14/h1,4,8-11,14,17H,2-3,5-7,12-13H2,(H,30,35)/p+1/t14-,17?/m0/s1. The minimum atomic E-state index is -0.619. The smallest absolute Gasteiger partial charge is 0.477 e. The second-order valence-corrected chi connectivity index (χ2v) is 9.89. The molecular weight excluding hydrogens is 501 g/mol. The van der Waals surface area contributed by atoms with Gasteiger partial charge in [0, 0.05) is 60.9 Å². The predicted octanol–water partition coefficient (Wildman–Crippen LogP) is 3.79. The van der Waals surface area contributed by atoms with E-state index < -0.39 is 11.8 Å². The third kappa shape index (κ3) is 4.62. The number of H-pyrrole nitrogens is 1. The van der Waals surface area contributed by atoms with Gasteiger partial charge in [-0.3, -0.25) is 4.79 Å². The van der Waals surface area contributed by atoms with Gasteiger partial charge in [-0.05, 0) is 30.5 Å². The normalized spacial score (nSPS) is 20.2. The molecule has 1 unspecified atom stereocenters. The van der Waals surface area contributed by atoms with E-state index in [2.05, 4.69) is 20.5 Å². The summed E-state index contributed by atoms with van der Waals surface area (Å²) in [5.74, 6) is 0.220. The first kappa shape index (κ1) is 23.7. The van der Waals surface area contributed by atoms with Crippen LogP contribution in [0.4, 0.5) is 14.9 Å². The molecule has 3 aliphatic rings. The number of halogens is 2. The number of anilines is 1. The highest BCUT2D eigenvalue weighted by Crippen LogP contribution is 2.34. The van der Waals surface area contributed by atoms with E-state index in [9.17, 15) is 9.59 Å². The largest absolute Gasteiger partial charge is 0.496 e. The maximum atomic E-state index is 15.1. The van der Waals surface area contributed by atoms with E-state index in [0.29, 0.717) is 54.7 Å². The van der Waals surface area contributed by atoms with Gasteiger partial charge in [-0.15, -0.1) is 0 Å². The summed E-state index contributed by atoms with van der Waals surface area (Å²) in [5.41, 5.74) is 2.93. The topological polar surface area (TPSA) is 109 Å². The zero-order chi connectivity index (χ0) is 25.5. The molecule has 2 amide bonds. The highest BCUT2D eigenvalue weighted by Gasteiger charge is 2.42. The van der Waals surface area contributed by atoms with Crippen molar-refractivity contribution in [2.75, 3.05) is 25.1 Å². The van der Waals surface area contributed by atoms with Crippen molar-refractivity contribution in [1.29, 1.82) is 0 Å². The number of nitrogens with zero attached hydrogens (tertiary/aromatic N) is 3. The third-order valence-corrected chi connectivity index (χ3v) is 7.35. The molecule has 0 saturated carbocycles. The molecule has 0 radical (unpaired) electrons. The number of nitrogens with one attached hydrogen (secondary N) is 2. The number of urea groups is 1. The molecule has 3 aliphatic heterocycles. The molecule has 1 fully saturated rings. The number of pyridine rings is 1. The highest BCUT2D eigenvalue weighted by molar-refractivity contribution is 6.33. The summed E-state index contributed by atoms with van der Waals surface area (Å²) in [7, 11) is 0. The average molecular weight is 525 g/mol. The lowest BCUT2D eigenvalue weighted by Gasteiger charge is -2.18. The highest BCUT2D eigenvalue weighted by atomic mass is 35.5. The van der Waals surface area contributed by atoms with Crippen LogP contribution < -0.4 is 15.6 Å². The summed E-state index contributed by atoms with van der Waals surface area (Å²) in [5, 5.41) is 9.50. The van der Waals surface area contributed by atoms with Crippen LogP contribution in [0.3, 0.4) is 0 Å². The first-order valence-corrected chi connectivity index (χ1v) is 12.5. The van der Waals surface area contributed by atoms with E-state index in [1.807, 2.05) is 0 Å². The summed E-state index contributed by atoms with van der Waals surface area (Å²) in [6.45, 7) is 1.98. The number of amides is 2. The van der Waals surface area contributed by atoms with Crippen LogP contribution in [0.5, 0.6) is 5.88 Å². The van der Waals surface area contributed by atoms with Crippen LogP contribution in [0.25, 0.3) is 11.1 Å². The van der Waals surface area contributed by atoms with E-state index in [0.717, 1.165) is 30.7 Å². The van der Waals surface area contributed by atoms with E-state index in [1.165, 1.54) is 18.2 Å². The van der Waals surface area contributed by atoms with Gasteiger partial charge >= 0.3 is 6.03 Å². The first-order valence-electron chi connectivity index (χ1n) is 12.2. The number of carbonyl (C=O) groups is 1.